The van der Waals surface area contributed by atoms with Crippen LogP contribution in [0.3, 0.4) is 0 Å². The van der Waals surface area contributed by atoms with Crippen molar-refractivity contribution in [1.29, 1.82) is 0 Å². The quantitative estimate of drug-likeness (QED) is 0.462. The smallest absolute Gasteiger partial charge is 0.282 e. The molecule has 5 nitrogen and oxygen atoms in total. The van der Waals surface area contributed by atoms with Crippen LogP contribution in [0.15, 0.2) is 55.2 Å². The van der Waals surface area contributed by atoms with Crippen molar-refractivity contribution in [2.24, 2.45) is 5.10 Å². The van der Waals surface area contributed by atoms with Gasteiger partial charge in [0.15, 0.2) is 0 Å². The van der Waals surface area contributed by atoms with Crippen LogP contribution in [0.4, 0.5) is 0 Å². The molecule has 0 saturated carbocycles. The molecule has 7 heteroatoms. The molecule has 1 aromatic heterocycles. The van der Waals surface area contributed by atoms with E-state index in [-0.39, 0.29) is 11.7 Å². The van der Waals surface area contributed by atoms with E-state index in [1.165, 1.54) is 4.68 Å². The Morgan fingerprint density at radius 1 is 1.19 bits per heavy atom. The zero-order valence-electron chi connectivity index (χ0n) is 15.2. The Hall–Kier alpha value is -1.99. The van der Waals surface area contributed by atoms with Gasteiger partial charge in [-0.1, -0.05) is 38.8 Å². The molecule has 0 radical (unpaired) electrons. The van der Waals surface area contributed by atoms with E-state index in [1.807, 2.05) is 51.1 Å². The van der Waals surface area contributed by atoms with E-state index in [2.05, 4.69) is 41.9 Å². The van der Waals surface area contributed by atoms with E-state index in [9.17, 15) is 4.79 Å². The molecular formula is C20H19Br2N3O2. The van der Waals surface area contributed by atoms with Gasteiger partial charge in [-0.25, -0.2) is 4.98 Å². The lowest BCUT2D eigenvalue weighted by atomic mass is 10.2. The Bertz CT molecular complexity index is 1070. The monoisotopic (exact) mass is 491 g/mol. The summed E-state index contributed by atoms with van der Waals surface area (Å²) in [5.74, 6) is 1.31. The average Bonchev–Trinajstić information content (AvgIpc) is 2.63. The number of fused-ring (bicyclic) bond motifs is 1. The Balaban J connectivity index is 2.13. The lowest BCUT2D eigenvalue weighted by Crippen LogP contribution is -2.22. The van der Waals surface area contributed by atoms with Crippen molar-refractivity contribution in [2.45, 2.75) is 33.3 Å². The van der Waals surface area contributed by atoms with Crippen LogP contribution in [0.2, 0.25) is 0 Å². The number of halogens is 2. The summed E-state index contributed by atoms with van der Waals surface area (Å²) in [6.07, 6.45) is 2.26. The topological polar surface area (TPSA) is 56.5 Å². The third kappa shape index (κ3) is 4.47. The van der Waals surface area contributed by atoms with Crippen molar-refractivity contribution < 1.29 is 4.74 Å². The van der Waals surface area contributed by atoms with Gasteiger partial charge in [-0.05, 0) is 50.2 Å². The Morgan fingerprint density at radius 3 is 2.59 bits per heavy atom. The van der Waals surface area contributed by atoms with E-state index in [4.69, 9.17) is 4.74 Å². The first-order valence-electron chi connectivity index (χ1n) is 8.60. The molecule has 0 amide bonds. The molecule has 0 unspecified atom stereocenters. The predicted octanol–water partition coefficient (Wildman–Crippen LogP) is 5.15. The third-order valence-corrected chi connectivity index (χ3v) is 4.82. The van der Waals surface area contributed by atoms with E-state index >= 15 is 0 Å². The van der Waals surface area contributed by atoms with E-state index in [1.54, 1.807) is 12.3 Å². The van der Waals surface area contributed by atoms with Crippen molar-refractivity contribution >= 4 is 49.0 Å². The van der Waals surface area contributed by atoms with Crippen LogP contribution in [0.5, 0.6) is 5.75 Å². The molecule has 0 saturated heterocycles. The molecule has 0 aliphatic rings. The van der Waals surface area contributed by atoms with Gasteiger partial charge in [0.1, 0.15) is 11.6 Å². The Labute approximate surface area is 174 Å². The van der Waals surface area contributed by atoms with Crippen LogP contribution in [-0.2, 0) is 6.42 Å². The highest BCUT2D eigenvalue weighted by molar-refractivity contribution is 9.10. The van der Waals surface area contributed by atoms with Crippen LogP contribution in [0, 0.1) is 0 Å². The average molecular weight is 493 g/mol. The summed E-state index contributed by atoms with van der Waals surface area (Å²) in [5, 5.41) is 4.96. The van der Waals surface area contributed by atoms with Crippen LogP contribution >= 0.6 is 31.9 Å². The molecule has 0 aliphatic heterocycles. The highest BCUT2D eigenvalue weighted by atomic mass is 79.9. The van der Waals surface area contributed by atoms with Gasteiger partial charge < -0.3 is 4.74 Å². The number of rotatable bonds is 5. The molecule has 0 bridgehead atoms. The van der Waals surface area contributed by atoms with Crippen LogP contribution in [0.25, 0.3) is 10.9 Å². The molecule has 0 atom stereocenters. The molecule has 3 rings (SSSR count). The molecule has 0 fully saturated rings. The van der Waals surface area contributed by atoms with Gasteiger partial charge >= 0.3 is 0 Å². The molecule has 0 aliphatic carbocycles. The van der Waals surface area contributed by atoms with Crippen molar-refractivity contribution in [2.75, 3.05) is 0 Å². The minimum Gasteiger partial charge on any atom is -0.490 e. The zero-order valence-corrected chi connectivity index (χ0v) is 18.4. The van der Waals surface area contributed by atoms with Gasteiger partial charge in [0.2, 0.25) is 0 Å². The standard InChI is InChI=1S/C20H19Br2N3O2/c1-4-19-24-17-7-5-15(22)10-16(17)20(26)25(19)23-11-13-9-14(21)6-8-18(13)27-12(2)3/h5-12H,4H2,1-3H3. The lowest BCUT2D eigenvalue weighted by molar-refractivity contribution is 0.242. The molecule has 27 heavy (non-hydrogen) atoms. The summed E-state index contributed by atoms with van der Waals surface area (Å²) in [5.41, 5.74) is 1.25. The van der Waals surface area contributed by atoms with Crippen molar-refractivity contribution in [3.8, 4) is 5.75 Å². The van der Waals surface area contributed by atoms with Gasteiger partial charge in [0, 0.05) is 20.9 Å². The second kappa shape index (κ2) is 8.35. The highest BCUT2D eigenvalue weighted by Gasteiger charge is 2.10. The fraction of sp³-hybridized carbons (Fsp3) is 0.250. The lowest BCUT2D eigenvalue weighted by Gasteiger charge is -2.13. The molecule has 0 spiro atoms. The number of hydrogen-bond acceptors (Lipinski definition) is 4. The van der Waals surface area contributed by atoms with E-state index in [0.717, 1.165) is 14.5 Å². The fourth-order valence-corrected chi connectivity index (χ4v) is 3.38. The maximum atomic E-state index is 13.0. The van der Waals surface area contributed by atoms with Gasteiger partial charge in [-0.15, -0.1) is 0 Å². The minimum absolute atomic E-state index is 0.0342. The summed E-state index contributed by atoms with van der Waals surface area (Å²) in [7, 11) is 0. The van der Waals surface area contributed by atoms with Gasteiger partial charge in [-0.2, -0.15) is 9.78 Å². The molecule has 1 heterocycles. The largest absolute Gasteiger partial charge is 0.490 e. The highest BCUT2D eigenvalue weighted by Crippen LogP contribution is 2.23. The molecule has 3 aromatic rings. The Kier molecular flexibility index (Phi) is 6.11. The maximum absolute atomic E-state index is 13.0. The van der Waals surface area contributed by atoms with Gasteiger partial charge in [0.05, 0.1) is 23.2 Å². The maximum Gasteiger partial charge on any atom is 0.282 e. The van der Waals surface area contributed by atoms with Gasteiger partial charge in [0.25, 0.3) is 5.56 Å². The number of benzene rings is 2. The summed E-state index contributed by atoms with van der Waals surface area (Å²) in [6, 6.07) is 11.2. The number of hydrogen-bond donors (Lipinski definition) is 0. The normalized spacial score (nSPS) is 11.6. The first-order valence-corrected chi connectivity index (χ1v) is 10.2. The number of aryl methyl sites for hydroxylation is 1. The zero-order chi connectivity index (χ0) is 19.6. The SMILES string of the molecule is CCc1nc2ccc(Br)cc2c(=O)n1N=Cc1cc(Br)ccc1OC(C)C. The second-order valence-electron chi connectivity index (χ2n) is 6.25. The second-order valence-corrected chi connectivity index (χ2v) is 8.08. The van der Waals surface area contributed by atoms with Crippen LogP contribution < -0.4 is 10.3 Å². The summed E-state index contributed by atoms with van der Waals surface area (Å²) in [6.45, 7) is 5.88. The van der Waals surface area contributed by atoms with E-state index < -0.39 is 0 Å². The van der Waals surface area contributed by atoms with E-state index in [0.29, 0.717) is 28.9 Å². The first kappa shape index (κ1) is 19.8. The number of nitrogens with zero attached hydrogens (tertiary/aromatic N) is 3. The number of ether oxygens (including phenoxy) is 1. The molecular weight excluding hydrogens is 474 g/mol. The fourth-order valence-electron chi connectivity index (χ4n) is 2.64. The molecule has 0 N–H and O–H groups in total. The predicted molar refractivity (Wildman–Crippen MR) is 116 cm³/mol. The number of aromatic nitrogens is 2. The first-order chi connectivity index (χ1) is 12.9. The van der Waals surface area contributed by atoms with Crippen molar-refractivity contribution in [1.82, 2.24) is 9.66 Å². The van der Waals surface area contributed by atoms with Crippen LogP contribution in [0.1, 0.15) is 32.2 Å². The van der Waals surface area contributed by atoms with Crippen molar-refractivity contribution in [3.05, 3.63) is 67.1 Å². The minimum atomic E-state index is -0.198. The Morgan fingerprint density at radius 2 is 1.89 bits per heavy atom. The summed E-state index contributed by atoms with van der Waals surface area (Å²) >= 11 is 6.88. The van der Waals surface area contributed by atoms with Gasteiger partial charge in [-0.3, -0.25) is 4.79 Å². The third-order valence-electron chi connectivity index (χ3n) is 3.84. The van der Waals surface area contributed by atoms with Crippen molar-refractivity contribution in [3.63, 3.8) is 0 Å². The summed E-state index contributed by atoms with van der Waals surface area (Å²) < 4.78 is 8.93. The molecule has 2 aromatic carbocycles. The summed E-state index contributed by atoms with van der Waals surface area (Å²) in [4.78, 5) is 17.5. The van der Waals surface area contributed by atoms with Crippen LogP contribution in [-0.4, -0.2) is 22.0 Å². The molecule has 140 valence electrons.